The van der Waals surface area contributed by atoms with Crippen LogP contribution in [0.2, 0.25) is 0 Å². The first kappa shape index (κ1) is 19.0. The lowest BCUT2D eigenvalue weighted by Crippen LogP contribution is -2.33. The average molecular weight is 365 g/mol. The van der Waals surface area contributed by atoms with Crippen LogP contribution >= 0.6 is 0 Å². The number of anilines is 1. The van der Waals surface area contributed by atoms with E-state index in [0.29, 0.717) is 26.1 Å². The fourth-order valence-corrected chi connectivity index (χ4v) is 3.62. The maximum absolute atomic E-state index is 12.9. The van der Waals surface area contributed by atoms with Crippen LogP contribution in [0.4, 0.5) is 5.69 Å². The molecule has 2 aromatic carbocycles. The molecule has 3 rings (SSSR count). The standard InChI is InChI=1S/C22H27N3O2/c1-4-15-24-19-12-8-9-13-20(19)25(22(24)27)16-14-21(26)23(5-2)18-11-7-6-10-17(18)3/h6-13H,4-5,14-16H2,1-3H3. The first-order chi connectivity index (χ1) is 13.1. The summed E-state index contributed by atoms with van der Waals surface area (Å²) >= 11 is 0. The summed E-state index contributed by atoms with van der Waals surface area (Å²) in [6, 6.07) is 15.7. The van der Waals surface area contributed by atoms with Crippen molar-refractivity contribution in [1.82, 2.24) is 9.13 Å². The van der Waals surface area contributed by atoms with E-state index in [-0.39, 0.29) is 11.6 Å². The van der Waals surface area contributed by atoms with Crippen LogP contribution in [0.1, 0.15) is 32.3 Å². The van der Waals surface area contributed by atoms with Gasteiger partial charge in [-0.1, -0.05) is 37.3 Å². The van der Waals surface area contributed by atoms with E-state index < -0.39 is 0 Å². The number of aryl methyl sites for hydroxylation is 3. The average Bonchev–Trinajstić information content (AvgIpc) is 2.94. The number of carbonyl (C=O) groups is 1. The van der Waals surface area contributed by atoms with Gasteiger partial charge in [0.1, 0.15) is 0 Å². The van der Waals surface area contributed by atoms with Gasteiger partial charge in [0.25, 0.3) is 0 Å². The third-order valence-electron chi connectivity index (χ3n) is 4.95. The van der Waals surface area contributed by atoms with Gasteiger partial charge in [-0.05, 0) is 44.0 Å². The normalized spacial score (nSPS) is 11.1. The van der Waals surface area contributed by atoms with Crippen LogP contribution in [-0.4, -0.2) is 21.6 Å². The molecule has 0 aliphatic heterocycles. The summed E-state index contributed by atoms with van der Waals surface area (Å²) in [4.78, 5) is 27.5. The number of fused-ring (bicyclic) bond motifs is 1. The molecule has 0 aliphatic carbocycles. The summed E-state index contributed by atoms with van der Waals surface area (Å²) in [5, 5.41) is 0. The SMILES string of the molecule is CCCn1c(=O)n(CCC(=O)N(CC)c2ccccc2C)c2ccccc21. The van der Waals surface area contributed by atoms with Gasteiger partial charge in [-0.15, -0.1) is 0 Å². The quantitative estimate of drug-likeness (QED) is 0.636. The van der Waals surface area contributed by atoms with Crippen molar-refractivity contribution >= 4 is 22.6 Å². The van der Waals surface area contributed by atoms with Crippen LogP contribution in [0.5, 0.6) is 0 Å². The van der Waals surface area contributed by atoms with Crippen molar-refractivity contribution in [3.63, 3.8) is 0 Å². The Morgan fingerprint density at radius 2 is 1.52 bits per heavy atom. The molecule has 0 unspecified atom stereocenters. The largest absolute Gasteiger partial charge is 0.329 e. The number of nitrogens with zero attached hydrogens (tertiary/aromatic N) is 3. The monoisotopic (exact) mass is 365 g/mol. The molecule has 142 valence electrons. The molecule has 5 heteroatoms. The Balaban J connectivity index is 1.86. The molecule has 27 heavy (non-hydrogen) atoms. The Bertz CT molecular complexity index is 1000. The van der Waals surface area contributed by atoms with E-state index in [1.165, 1.54) is 0 Å². The lowest BCUT2D eigenvalue weighted by Gasteiger charge is -2.23. The number of hydrogen-bond acceptors (Lipinski definition) is 2. The number of carbonyl (C=O) groups excluding carboxylic acids is 1. The van der Waals surface area contributed by atoms with Crippen molar-refractivity contribution in [3.05, 3.63) is 64.6 Å². The lowest BCUT2D eigenvalue weighted by atomic mass is 10.1. The van der Waals surface area contributed by atoms with Crippen molar-refractivity contribution in [3.8, 4) is 0 Å². The zero-order valence-corrected chi connectivity index (χ0v) is 16.3. The Morgan fingerprint density at radius 1 is 0.926 bits per heavy atom. The van der Waals surface area contributed by atoms with Crippen LogP contribution in [0.3, 0.4) is 0 Å². The van der Waals surface area contributed by atoms with Crippen molar-refractivity contribution in [1.29, 1.82) is 0 Å². The van der Waals surface area contributed by atoms with Gasteiger partial charge in [0.2, 0.25) is 5.91 Å². The molecule has 0 saturated heterocycles. The van der Waals surface area contributed by atoms with Crippen molar-refractivity contribution in [2.45, 2.75) is 46.7 Å². The predicted octanol–water partition coefficient (Wildman–Crippen LogP) is 3.96. The Hall–Kier alpha value is -2.82. The van der Waals surface area contributed by atoms with Crippen LogP contribution in [-0.2, 0) is 17.9 Å². The predicted molar refractivity (Wildman–Crippen MR) is 110 cm³/mol. The Kier molecular flexibility index (Phi) is 5.79. The van der Waals surface area contributed by atoms with Gasteiger partial charge in [0, 0.05) is 31.7 Å². The number of benzene rings is 2. The van der Waals surface area contributed by atoms with E-state index in [9.17, 15) is 9.59 Å². The van der Waals surface area contributed by atoms with Crippen LogP contribution in [0.15, 0.2) is 53.3 Å². The minimum Gasteiger partial charge on any atom is -0.312 e. The number of hydrogen-bond donors (Lipinski definition) is 0. The van der Waals surface area contributed by atoms with Gasteiger partial charge in [0.15, 0.2) is 0 Å². The highest BCUT2D eigenvalue weighted by atomic mass is 16.2. The molecule has 1 heterocycles. The second-order valence-corrected chi connectivity index (χ2v) is 6.75. The van der Waals surface area contributed by atoms with Gasteiger partial charge in [-0.25, -0.2) is 4.79 Å². The number of para-hydroxylation sites is 3. The number of rotatable bonds is 7. The van der Waals surface area contributed by atoms with Crippen molar-refractivity contribution in [2.75, 3.05) is 11.4 Å². The van der Waals surface area contributed by atoms with Crippen LogP contribution in [0.25, 0.3) is 11.0 Å². The topological polar surface area (TPSA) is 47.2 Å². The smallest absolute Gasteiger partial charge is 0.312 e. The van der Waals surface area contributed by atoms with E-state index in [1.807, 2.05) is 62.4 Å². The highest BCUT2D eigenvalue weighted by Crippen LogP contribution is 2.20. The molecule has 0 spiro atoms. The molecule has 1 amide bonds. The minimum absolute atomic E-state index is 0.0334. The number of imidazole rings is 1. The first-order valence-electron chi connectivity index (χ1n) is 9.62. The highest BCUT2D eigenvalue weighted by molar-refractivity contribution is 5.94. The zero-order chi connectivity index (χ0) is 19.4. The maximum atomic E-state index is 12.9. The third-order valence-corrected chi connectivity index (χ3v) is 4.95. The Labute approximate surface area is 159 Å². The van der Waals surface area contributed by atoms with E-state index in [2.05, 4.69) is 6.92 Å². The lowest BCUT2D eigenvalue weighted by molar-refractivity contribution is -0.118. The maximum Gasteiger partial charge on any atom is 0.329 e. The molecule has 0 fully saturated rings. The minimum atomic E-state index is -0.0372. The summed E-state index contributed by atoms with van der Waals surface area (Å²) in [6.07, 6.45) is 1.19. The second kappa shape index (κ2) is 8.25. The first-order valence-corrected chi connectivity index (χ1v) is 9.62. The molecule has 0 atom stereocenters. The van der Waals surface area contributed by atoms with Gasteiger partial charge < -0.3 is 4.90 Å². The van der Waals surface area contributed by atoms with Crippen LogP contribution in [0, 0.1) is 6.92 Å². The van der Waals surface area contributed by atoms with Gasteiger partial charge in [-0.2, -0.15) is 0 Å². The number of aromatic nitrogens is 2. The van der Waals surface area contributed by atoms with Crippen LogP contribution < -0.4 is 10.6 Å². The molecule has 0 aliphatic rings. The van der Waals surface area contributed by atoms with E-state index in [0.717, 1.165) is 28.7 Å². The molecule has 0 saturated carbocycles. The molecule has 0 N–H and O–H groups in total. The van der Waals surface area contributed by atoms with Gasteiger partial charge >= 0.3 is 5.69 Å². The fraction of sp³-hybridized carbons (Fsp3) is 0.364. The summed E-state index contributed by atoms with van der Waals surface area (Å²) in [6.45, 7) is 7.72. The zero-order valence-electron chi connectivity index (χ0n) is 16.3. The summed E-state index contributed by atoms with van der Waals surface area (Å²) in [5.74, 6) is 0.0334. The third kappa shape index (κ3) is 3.68. The molecule has 1 aromatic heterocycles. The fourth-order valence-electron chi connectivity index (χ4n) is 3.62. The highest BCUT2D eigenvalue weighted by Gasteiger charge is 2.18. The van der Waals surface area contributed by atoms with Gasteiger partial charge in [0.05, 0.1) is 11.0 Å². The van der Waals surface area contributed by atoms with Crippen molar-refractivity contribution in [2.24, 2.45) is 0 Å². The molecular formula is C22H27N3O2. The summed E-state index contributed by atoms with van der Waals surface area (Å²) in [5.41, 5.74) is 3.80. The summed E-state index contributed by atoms with van der Waals surface area (Å²) in [7, 11) is 0. The van der Waals surface area contributed by atoms with E-state index >= 15 is 0 Å². The molecular weight excluding hydrogens is 338 g/mol. The molecule has 3 aromatic rings. The Morgan fingerprint density at radius 3 is 2.11 bits per heavy atom. The van der Waals surface area contributed by atoms with Crippen molar-refractivity contribution < 1.29 is 4.79 Å². The molecule has 0 bridgehead atoms. The molecule has 0 radical (unpaired) electrons. The van der Waals surface area contributed by atoms with E-state index in [4.69, 9.17) is 0 Å². The van der Waals surface area contributed by atoms with E-state index in [1.54, 1.807) is 14.0 Å². The second-order valence-electron chi connectivity index (χ2n) is 6.75. The molecule has 5 nitrogen and oxygen atoms in total. The summed E-state index contributed by atoms with van der Waals surface area (Å²) < 4.78 is 3.54. The van der Waals surface area contributed by atoms with Gasteiger partial charge in [-0.3, -0.25) is 13.9 Å². The number of amides is 1.